The first-order valence-electron chi connectivity index (χ1n) is 9.10. The van der Waals surface area contributed by atoms with Crippen molar-refractivity contribution in [2.75, 3.05) is 14.2 Å². The van der Waals surface area contributed by atoms with E-state index >= 15 is 0 Å². The lowest BCUT2D eigenvalue weighted by Crippen LogP contribution is -2.36. The molecule has 0 aliphatic heterocycles. The molecule has 0 unspecified atom stereocenters. The molecule has 8 nitrogen and oxygen atoms in total. The second-order valence-corrected chi connectivity index (χ2v) is 6.17. The molecule has 0 radical (unpaired) electrons. The zero-order chi connectivity index (χ0) is 21.3. The molecular formula is C20H23F2IN6O2. The van der Waals surface area contributed by atoms with Gasteiger partial charge in [0.25, 0.3) is 0 Å². The molecule has 0 aliphatic carbocycles. The van der Waals surface area contributed by atoms with Crippen LogP contribution >= 0.6 is 24.0 Å². The fraction of sp³-hybridized carbons (Fsp3) is 0.250. The molecule has 0 amide bonds. The number of nitrogens with one attached hydrogen (secondary N) is 3. The predicted octanol–water partition coefficient (Wildman–Crippen LogP) is 3.56. The minimum Gasteiger partial charge on any atom is -0.497 e. The second-order valence-electron chi connectivity index (χ2n) is 6.17. The molecule has 2 aromatic carbocycles. The van der Waals surface area contributed by atoms with Gasteiger partial charge in [-0.2, -0.15) is 13.9 Å². The standard InChI is InChI=1S/C20H22F2N6O2.HI/c1-23-20(24-10-13-4-3-5-14(8-13)18-26-12-27-28-18)25-11-15-9-16(29-2)6-7-17(15)30-19(21)22;/h3-9,12,19H,10-11H2,1-2H3,(H2,23,24,25)(H,26,27,28);1H. The summed E-state index contributed by atoms with van der Waals surface area (Å²) in [5.41, 5.74) is 2.44. The number of benzene rings is 2. The number of rotatable bonds is 8. The van der Waals surface area contributed by atoms with Crippen molar-refractivity contribution in [1.82, 2.24) is 25.8 Å². The molecule has 166 valence electrons. The summed E-state index contributed by atoms with van der Waals surface area (Å²) in [6.45, 7) is -2.19. The quantitative estimate of drug-likeness (QED) is 0.228. The Labute approximate surface area is 195 Å². The van der Waals surface area contributed by atoms with Crippen molar-refractivity contribution in [2.24, 2.45) is 4.99 Å². The number of alkyl halides is 2. The van der Waals surface area contributed by atoms with Crippen LogP contribution in [-0.2, 0) is 13.1 Å². The Balaban J connectivity index is 0.00000341. The first-order chi connectivity index (χ1) is 14.6. The minimum atomic E-state index is -2.91. The maximum Gasteiger partial charge on any atom is 0.387 e. The minimum absolute atomic E-state index is 0. The fourth-order valence-corrected chi connectivity index (χ4v) is 2.79. The average molecular weight is 544 g/mol. The van der Waals surface area contributed by atoms with Crippen molar-refractivity contribution in [3.8, 4) is 22.9 Å². The Kier molecular flexibility index (Phi) is 9.43. The Morgan fingerprint density at radius 1 is 1.16 bits per heavy atom. The summed E-state index contributed by atoms with van der Waals surface area (Å²) in [7, 11) is 3.13. The zero-order valence-electron chi connectivity index (χ0n) is 16.9. The Morgan fingerprint density at radius 2 is 1.97 bits per heavy atom. The lowest BCUT2D eigenvalue weighted by atomic mass is 10.1. The molecule has 0 bridgehead atoms. The summed E-state index contributed by atoms with van der Waals surface area (Å²) in [6.07, 6.45) is 1.45. The average Bonchev–Trinajstić information content (AvgIpc) is 3.29. The topological polar surface area (TPSA) is 96.5 Å². The number of hydrogen-bond acceptors (Lipinski definition) is 5. The number of ether oxygens (including phenoxy) is 2. The number of aromatic nitrogens is 3. The van der Waals surface area contributed by atoms with Crippen LogP contribution in [0.5, 0.6) is 11.5 Å². The Bertz CT molecular complexity index is 986. The van der Waals surface area contributed by atoms with E-state index in [9.17, 15) is 8.78 Å². The van der Waals surface area contributed by atoms with E-state index in [1.54, 1.807) is 19.2 Å². The molecule has 0 saturated heterocycles. The van der Waals surface area contributed by atoms with Gasteiger partial charge in [0.15, 0.2) is 11.8 Å². The number of methoxy groups -OCH3 is 1. The van der Waals surface area contributed by atoms with Gasteiger partial charge in [-0.15, -0.1) is 24.0 Å². The van der Waals surface area contributed by atoms with Gasteiger partial charge in [-0.25, -0.2) is 4.98 Å². The van der Waals surface area contributed by atoms with E-state index in [0.717, 1.165) is 11.1 Å². The fourth-order valence-electron chi connectivity index (χ4n) is 2.79. The van der Waals surface area contributed by atoms with Crippen LogP contribution in [0.4, 0.5) is 8.78 Å². The van der Waals surface area contributed by atoms with Crippen molar-refractivity contribution in [1.29, 1.82) is 0 Å². The molecule has 0 spiro atoms. The summed E-state index contributed by atoms with van der Waals surface area (Å²) in [4.78, 5) is 8.32. The van der Waals surface area contributed by atoms with Gasteiger partial charge in [0.05, 0.1) is 7.11 Å². The lowest BCUT2D eigenvalue weighted by Gasteiger charge is -2.15. The van der Waals surface area contributed by atoms with Gasteiger partial charge in [0.1, 0.15) is 17.8 Å². The number of halogens is 3. The van der Waals surface area contributed by atoms with Crippen LogP contribution in [0.3, 0.4) is 0 Å². The van der Waals surface area contributed by atoms with E-state index in [0.29, 0.717) is 29.6 Å². The van der Waals surface area contributed by atoms with Crippen LogP contribution in [-0.4, -0.2) is 41.9 Å². The van der Waals surface area contributed by atoms with Crippen LogP contribution in [0.25, 0.3) is 11.4 Å². The maximum absolute atomic E-state index is 12.7. The number of aliphatic imine (C=N–C) groups is 1. The third-order valence-electron chi connectivity index (χ3n) is 4.23. The smallest absolute Gasteiger partial charge is 0.387 e. The Morgan fingerprint density at radius 3 is 2.65 bits per heavy atom. The number of nitrogens with zero attached hydrogens (tertiary/aromatic N) is 3. The number of hydrogen-bond donors (Lipinski definition) is 3. The van der Waals surface area contributed by atoms with E-state index < -0.39 is 6.61 Å². The monoisotopic (exact) mass is 544 g/mol. The van der Waals surface area contributed by atoms with Crippen molar-refractivity contribution in [3.63, 3.8) is 0 Å². The molecule has 0 fully saturated rings. The molecule has 3 N–H and O–H groups in total. The van der Waals surface area contributed by atoms with E-state index in [1.807, 2.05) is 24.3 Å². The van der Waals surface area contributed by atoms with Crippen LogP contribution in [0.2, 0.25) is 0 Å². The van der Waals surface area contributed by atoms with Gasteiger partial charge in [0.2, 0.25) is 0 Å². The summed E-state index contributed by atoms with van der Waals surface area (Å²) in [5.74, 6) is 1.81. The van der Waals surface area contributed by atoms with Crippen LogP contribution in [0.15, 0.2) is 53.8 Å². The maximum atomic E-state index is 12.7. The molecule has 0 atom stereocenters. The van der Waals surface area contributed by atoms with E-state index in [-0.39, 0.29) is 36.3 Å². The molecule has 11 heteroatoms. The second kappa shape index (κ2) is 12.0. The predicted molar refractivity (Wildman–Crippen MR) is 124 cm³/mol. The SMILES string of the molecule is CN=C(NCc1cccc(-c2ncn[nH]2)c1)NCc1cc(OC)ccc1OC(F)F.I. The van der Waals surface area contributed by atoms with Gasteiger partial charge in [-0.3, -0.25) is 10.1 Å². The normalized spacial score (nSPS) is 11.1. The summed E-state index contributed by atoms with van der Waals surface area (Å²) in [6, 6.07) is 12.5. The highest BCUT2D eigenvalue weighted by atomic mass is 127. The lowest BCUT2D eigenvalue weighted by molar-refractivity contribution is -0.0504. The molecule has 1 aromatic heterocycles. The highest BCUT2D eigenvalue weighted by Gasteiger charge is 2.12. The summed E-state index contributed by atoms with van der Waals surface area (Å²) < 4.78 is 35.1. The first-order valence-corrected chi connectivity index (χ1v) is 9.10. The first kappa shape index (κ1) is 24.3. The molecule has 3 rings (SSSR count). The van der Waals surface area contributed by atoms with E-state index in [2.05, 4.69) is 35.5 Å². The van der Waals surface area contributed by atoms with Crippen molar-refractivity contribution in [2.45, 2.75) is 19.7 Å². The zero-order valence-corrected chi connectivity index (χ0v) is 19.3. The van der Waals surface area contributed by atoms with Crippen LogP contribution < -0.4 is 20.1 Å². The summed E-state index contributed by atoms with van der Waals surface area (Å²) in [5, 5.41) is 13.0. The molecule has 1 heterocycles. The van der Waals surface area contributed by atoms with Crippen molar-refractivity contribution >= 4 is 29.9 Å². The third-order valence-corrected chi connectivity index (χ3v) is 4.23. The largest absolute Gasteiger partial charge is 0.497 e. The van der Waals surface area contributed by atoms with Crippen molar-refractivity contribution in [3.05, 3.63) is 59.9 Å². The highest BCUT2D eigenvalue weighted by molar-refractivity contribution is 14.0. The third kappa shape index (κ3) is 7.05. The molecule has 3 aromatic rings. The number of aromatic amines is 1. The van der Waals surface area contributed by atoms with Crippen LogP contribution in [0.1, 0.15) is 11.1 Å². The van der Waals surface area contributed by atoms with Gasteiger partial charge < -0.3 is 20.1 Å². The molecular weight excluding hydrogens is 521 g/mol. The van der Waals surface area contributed by atoms with Crippen LogP contribution in [0, 0.1) is 0 Å². The van der Waals surface area contributed by atoms with Crippen molar-refractivity contribution < 1.29 is 18.3 Å². The summed E-state index contributed by atoms with van der Waals surface area (Å²) >= 11 is 0. The highest BCUT2D eigenvalue weighted by Crippen LogP contribution is 2.25. The molecule has 0 aliphatic rings. The van der Waals surface area contributed by atoms with Gasteiger partial charge in [0, 0.05) is 31.3 Å². The van der Waals surface area contributed by atoms with E-state index in [4.69, 9.17) is 4.74 Å². The van der Waals surface area contributed by atoms with E-state index in [1.165, 1.54) is 19.5 Å². The number of H-pyrrole nitrogens is 1. The van der Waals surface area contributed by atoms with Gasteiger partial charge in [-0.1, -0.05) is 18.2 Å². The molecule has 31 heavy (non-hydrogen) atoms. The Hall–Kier alpha value is -2.96. The van der Waals surface area contributed by atoms with Gasteiger partial charge >= 0.3 is 6.61 Å². The molecule has 0 saturated carbocycles. The number of guanidine groups is 1. The van der Waals surface area contributed by atoms with Gasteiger partial charge in [-0.05, 0) is 29.8 Å².